The number of hydrogen-bond acceptors (Lipinski definition) is 2. The first kappa shape index (κ1) is 8.81. The predicted octanol–water partition coefficient (Wildman–Crippen LogP) is 2.19. The molecular weight excluding hydrogens is 176 g/mol. The van der Waals surface area contributed by atoms with E-state index < -0.39 is 0 Å². The minimum absolute atomic E-state index is 0.633. The van der Waals surface area contributed by atoms with Gasteiger partial charge in [-0.15, -0.1) is 0 Å². The Morgan fingerprint density at radius 2 is 2.14 bits per heavy atom. The molecule has 0 fully saturated rings. The standard InChI is InChI=1S/C11H12N2O/c1-9-6-7-13(8-9)10-4-3-5-11(12-10)14-2/h3-8H,1-2H3. The molecule has 0 N–H and O–H groups in total. The fourth-order valence-corrected chi connectivity index (χ4v) is 1.31. The highest BCUT2D eigenvalue weighted by atomic mass is 16.5. The number of nitrogens with zero attached hydrogens (tertiary/aromatic N) is 2. The van der Waals surface area contributed by atoms with E-state index in [9.17, 15) is 0 Å². The van der Waals surface area contributed by atoms with Gasteiger partial charge in [0, 0.05) is 18.5 Å². The van der Waals surface area contributed by atoms with E-state index in [2.05, 4.69) is 11.9 Å². The number of aromatic nitrogens is 2. The lowest BCUT2D eigenvalue weighted by molar-refractivity contribution is 0.397. The minimum Gasteiger partial charge on any atom is -0.481 e. The van der Waals surface area contributed by atoms with Crippen LogP contribution in [-0.2, 0) is 0 Å². The summed E-state index contributed by atoms with van der Waals surface area (Å²) in [4.78, 5) is 4.32. The van der Waals surface area contributed by atoms with Crippen LogP contribution in [0.1, 0.15) is 5.56 Å². The summed E-state index contributed by atoms with van der Waals surface area (Å²) in [6, 6.07) is 7.75. The molecule has 3 heteroatoms. The molecule has 0 saturated heterocycles. The predicted molar refractivity (Wildman–Crippen MR) is 54.9 cm³/mol. The average Bonchev–Trinajstić information content (AvgIpc) is 2.65. The van der Waals surface area contributed by atoms with Crippen LogP contribution in [0, 0.1) is 6.92 Å². The average molecular weight is 188 g/mol. The Morgan fingerprint density at radius 3 is 2.79 bits per heavy atom. The Balaban J connectivity index is 2.41. The molecular formula is C11H12N2O. The summed E-state index contributed by atoms with van der Waals surface area (Å²) in [6.45, 7) is 2.05. The summed E-state index contributed by atoms with van der Waals surface area (Å²) >= 11 is 0. The largest absolute Gasteiger partial charge is 0.481 e. The van der Waals surface area contributed by atoms with Crippen LogP contribution in [-0.4, -0.2) is 16.7 Å². The topological polar surface area (TPSA) is 27.1 Å². The summed E-state index contributed by atoms with van der Waals surface area (Å²) in [5, 5.41) is 0. The van der Waals surface area contributed by atoms with Gasteiger partial charge >= 0.3 is 0 Å². The van der Waals surface area contributed by atoms with E-state index in [1.165, 1.54) is 5.56 Å². The van der Waals surface area contributed by atoms with Gasteiger partial charge in [0.1, 0.15) is 5.82 Å². The Kier molecular flexibility index (Phi) is 2.23. The fourth-order valence-electron chi connectivity index (χ4n) is 1.31. The van der Waals surface area contributed by atoms with Gasteiger partial charge in [0.25, 0.3) is 0 Å². The van der Waals surface area contributed by atoms with Gasteiger partial charge in [-0.1, -0.05) is 6.07 Å². The van der Waals surface area contributed by atoms with E-state index in [-0.39, 0.29) is 0 Å². The van der Waals surface area contributed by atoms with E-state index in [1.807, 2.05) is 41.2 Å². The third-order valence-electron chi connectivity index (χ3n) is 2.02. The first-order valence-electron chi connectivity index (χ1n) is 4.45. The highest BCUT2D eigenvalue weighted by molar-refractivity contribution is 5.29. The van der Waals surface area contributed by atoms with Crippen LogP contribution >= 0.6 is 0 Å². The zero-order valence-electron chi connectivity index (χ0n) is 8.27. The molecule has 0 aliphatic heterocycles. The SMILES string of the molecule is COc1cccc(-n2ccc(C)c2)n1. The number of ether oxygens (including phenoxy) is 1. The molecule has 0 aliphatic rings. The Bertz CT molecular complexity index is 434. The minimum atomic E-state index is 0.633. The van der Waals surface area contributed by atoms with Crippen molar-refractivity contribution in [3.8, 4) is 11.7 Å². The number of pyridine rings is 1. The maximum atomic E-state index is 5.06. The van der Waals surface area contributed by atoms with Crippen LogP contribution in [0.4, 0.5) is 0 Å². The van der Waals surface area contributed by atoms with Gasteiger partial charge in [0.15, 0.2) is 0 Å². The van der Waals surface area contributed by atoms with Crippen molar-refractivity contribution in [1.82, 2.24) is 9.55 Å². The van der Waals surface area contributed by atoms with E-state index >= 15 is 0 Å². The van der Waals surface area contributed by atoms with Crippen molar-refractivity contribution in [2.24, 2.45) is 0 Å². The molecule has 3 nitrogen and oxygen atoms in total. The van der Waals surface area contributed by atoms with Gasteiger partial charge in [-0.3, -0.25) is 0 Å². The van der Waals surface area contributed by atoms with Crippen molar-refractivity contribution in [1.29, 1.82) is 0 Å². The zero-order chi connectivity index (χ0) is 9.97. The molecule has 72 valence electrons. The second kappa shape index (κ2) is 3.54. The van der Waals surface area contributed by atoms with Crippen LogP contribution in [0.3, 0.4) is 0 Å². The van der Waals surface area contributed by atoms with Crippen LogP contribution in [0.15, 0.2) is 36.7 Å². The highest BCUT2D eigenvalue weighted by Crippen LogP contribution is 2.12. The molecule has 0 amide bonds. The van der Waals surface area contributed by atoms with E-state index in [0.717, 1.165) is 5.82 Å². The van der Waals surface area contributed by atoms with Crippen molar-refractivity contribution in [2.45, 2.75) is 6.92 Å². The van der Waals surface area contributed by atoms with E-state index in [1.54, 1.807) is 7.11 Å². The second-order valence-electron chi connectivity index (χ2n) is 3.13. The molecule has 2 heterocycles. The molecule has 0 saturated carbocycles. The number of rotatable bonds is 2. The van der Waals surface area contributed by atoms with Gasteiger partial charge in [0.05, 0.1) is 7.11 Å². The van der Waals surface area contributed by atoms with Crippen LogP contribution in [0.2, 0.25) is 0 Å². The molecule has 2 aromatic heterocycles. The normalized spacial score (nSPS) is 10.1. The van der Waals surface area contributed by atoms with Gasteiger partial charge in [-0.2, -0.15) is 4.98 Å². The summed E-state index contributed by atoms with van der Waals surface area (Å²) in [7, 11) is 1.62. The molecule has 0 spiro atoms. The third-order valence-corrected chi connectivity index (χ3v) is 2.02. The van der Waals surface area contributed by atoms with Gasteiger partial charge in [-0.05, 0) is 24.6 Å². The molecule has 0 aliphatic carbocycles. The van der Waals surface area contributed by atoms with Crippen LogP contribution < -0.4 is 4.74 Å². The zero-order valence-corrected chi connectivity index (χ0v) is 8.27. The number of methoxy groups -OCH3 is 1. The van der Waals surface area contributed by atoms with E-state index in [4.69, 9.17) is 4.74 Å². The second-order valence-corrected chi connectivity index (χ2v) is 3.13. The smallest absolute Gasteiger partial charge is 0.214 e. The lowest BCUT2D eigenvalue weighted by Crippen LogP contribution is -1.95. The van der Waals surface area contributed by atoms with Crippen LogP contribution in [0.5, 0.6) is 5.88 Å². The van der Waals surface area contributed by atoms with Crippen molar-refractivity contribution in [2.75, 3.05) is 7.11 Å². The first-order chi connectivity index (χ1) is 6.79. The molecule has 2 rings (SSSR count). The lowest BCUT2D eigenvalue weighted by atomic mass is 10.4. The Morgan fingerprint density at radius 1 is 1.29 bits per heavy atom. The van der Waals surface area contributed by atoms with Crippen molar-refractivity contribution in [3.63, 3.8) is 0 Å². The van der Waals surface area contributed by atoms with Crippen LogP contribution in [0.25, 0.3) is 5.82 Å². The number of hydrogen-bond donors (Lipinski definition) is 0. The highest BCUT2D eigenvalue weighted by Gasteiger charge is 1.99. The maximum Gasteiger partial charge on any atom is 0.214 e. The molecule has 0 unspecified atom stereocenters. The molecule has 0 atom stereocenters. The summed E-state index contributed by atoms with van der Waals surface area (Å²) < 4.78 is 7.03. The molecule has 0 radical (unpaired) electrons. The van der Waals surface area contributed by atoms with Crippen molar-refractivity contribution in [3.05, 3.63) is 42.2 Å². The third kappa shape index (κ3) is 1.62. The summed E-state index contributed by atoms with van der Waals surface area (Å²) in [5.74, 6) is 1.51. The van der Waals surface area contributed by atoms with Crippen molar-refractivity contribution < 1.29 is 4.74 Å². The molecule has 2 aromatic rings. The van der Waals surface area contributed by atoms with Crippen molar-refractivity contribution >= 4 is 0 Å². The summed E-state index contributed by atoms with van der Waals surface area (Å²) in [5.41, 5.74) is 1.22. The van der Waals surface area contributed by atoms with Gasteiger partial charge in [-0.25, -0.2) is 0 Å². The molecule has 0 bridgehead atoms. The maximum absolute atomic E-state index is 5.06. The monoisotopic (exact) mass is 188 g/mol. The number of aryl methyl sites for hydroxylation is 1. The Hall–Kier alpha value is -1.77. The van der Waals surface area contributed by atoms with Gasteiger partial charge in [0.2, 0.25) is 5.88 Å². The lowest BCUT2D eigenvalue weighted by Gasteiger charge is -2.03. The quantitative estimate of drug-likeness (QED) is 0.722. The molecule has 0 aromatic carbocycles. The Labute approximate surface area is 83.0 Å². The first-order valence-corrected chi connectivity index (χ1v) is 4.45. The summed E-state index contributed by atoms with van der Waals surface area (Å²) in [6.07, 6.45) is 4.01. The molecule has 14 heavy (non-hydrogen) atoms. The fraction of sp³-hybridized carbons (Fsp3) is 0.182. The van der Waals surface area contributed by atoms with Gasteiger partial charge < -0.3 is 9.30 Å². The van der Waals surface area contributed by atoms with E-state index in [0.29, 0.717) is 5.88 Å².